The summed E-state index contributed by atoms with van der Waals surface area (Å²) in [6.45, 7) is 2.00. The van der Waals surface area contributed by atoms with E-state index in [-0.39, 0.29) is 11.5 Å². The highest BCUT2D eigenvalue weighted by Crippen LogP contribution is 2.32. The highest BCUT2D eigenvalue weighted by Gasteiger charge is 2.36. The number of benzene rings is 2. The van der Waals surface area contributed by atoms with Gasteiger partial charge in [-0.05, 0) is 54.4 Å². The van der Waals surface area contributed by atoms with E-state index in [1.165, 1.54) is 7.11 Å². The first kappa shape index (κ1) is 21.3. The third-order valence-electron chi connectivity index (χ3n) is 4.81. The van der Waals surface area contributed by atoms with Crippen molar-refractivity contribution in [2.24, 2.45) is 0 Å². The molecule has 1 amide bonds. The number of carbonyl (C=O) groups is 1. The Morgan fingerprint density at radius 1 is 1.06 bits per heavy atom. The molecule has 2 heterocycles. The number of nitrogens with one attached hydrogen (secondary N) is 1. The lowest BCUT2D eigenvalue weighted by Gasteiger charge is -2.10. The minimum absolute atomic E-state index is 0.0435. The van der Waals surface area contributed by atoms with Gasteiger partial charge < -0.3 is 10.1 Å². The number of aryl methyl sites for hydroxylation is 1. The van der Waals surface area contributed by atoms with Gasteiger partial charge in [0.25, 0.3) is 11.7 Å². The van der Waals surface area contributed by atoms with Gasteiger partial charge in [0.1, 0.15) is 5.75 Å². The molecule has 4 rings (SSSR count). The van der Waals surface area contributed by atoms with Gasteiger partial charge in [-0.15, -0.1) is 5.10 Å². The number of hydrogen-bond acceptors (Lipinski definition) is 5. The molecule has 0 aliphatic rings. The first-order valence-electron chi connectivity index (χ1n) is 9.68. The minimum Gasteiger partial charge on any atom is -0.497 e. The van der Waals surface area contributed by atoms with E-state index >= 15 is 0 Å². The number of rotatable bonds is 5. The van der Waals surface area contributed by atoms with Crippen molar-refractivity contribution in [3.8, 4) is 17.0 Å². The first-order chi connectivity index (χ1) is 15.3. The van der Waals surface area contributed by atoms with Crippen molar-refractivity contribution in [1.29, 1.82) is 0 Å². The van der Waals surface area contributed by atoms with Crippen molar-refractivity contribution in [3.63, 3.8) is 0 Å². The average molecular weight is 441 g/mol. The fraction of sp³-hybridized carbons (Fsp3) is 0.182. The fourth-order valence-corrected chi connectivity index (χ4v) is 3.09. The molecule has 0 saturated heterocycles. The third-order valence-corrected chi connectivity index (χ3v) is 4.81. The number of nitrogens with zero attached hydrogens (tertiary/aromatic N) is 4. The lowest BCUT2D eigenvalue weighted by Crippen LogP contribution is -2.16. The molecule has 1 N–H and O–H groups in total. The van der Waals surface area contributed by atoms with Crippen LogP contribution in [0.2, 0.25) is 0 Å². The predicted molar refractivity (Wildman–Crippen MR) is 112 cm³/mol. The second kappa shape index (κ2) is 8.29. The van der Waals surface area contributed by atoms with Crippen LogP contribution >= 0.6 is 0 Å². The molecule has 0 saturated carbocycles. The summed E-state index contributed by atoms with van der Waals surface area (Å²) >= 11 is 0. The number of fused-ring (bicyclic) bond motifs is 1. The van der Waals surface area contributed by atoms with Crippen LogP contribution in [0.3, 0.4) is 0 Å². The second-order valence-electron chi connectivity index (χ2n) is 6.90. The van der Waals surface area contributed by atoms with Gasteiger partial charge >= 0.3 is 6.18 Å². The Labute approximate surface area is 180 Å². The van der Waals surface area contributed by atoms with Crippen LogP contribution in [-0.2, 0) is 12.6 Å². The monoisotopic (exact) mass is 441 g/mol. The Hall–Kier alpha value is -3.95. The maximum absolute atomic E-state index is 13.7. The van der Waals surface area contributed by atoms with Crippen LogP contribution in [0.15, 0.2) is 54.6 Å². The number of amides is 1. The number of aromatic nitrogens is 4. The topological polar surface area (TPSA) is 81.4 Å². The summed E-state index contributed by atoms with van der Waals surface area (Å²) in [6, 6.07) is 14.4. The van der Waals surface area contributed by atoms with E-state index in [9.17, 15) is 18.0 Å². The van der Waals surface area contributed by atoms with Gasteiger partial charge in [-0.3, -0.25) is 4.79 Å². The molecule has 0 aliphatic heterocycles. The molecule has 0 aliphatic carbocycles. The Morgan fingerprint density at radius 3 is 2.34 bits per heavy atom. The van der Waals surface area contributed by atoms with Crippen LogP contribution < -0.4 is 10.1 Å². The van der Waals surface area contributed by atoms with Crippen LogP contribution in [0.1, 0.15) is 28.8 Å². The highest BCUT2D eigenvalue weighted by molar-refractivity contribution is 6.01. The van der Waals surface area contributed by atoms with Gasteiger partial charge in [0.05, 0.1) is 12.8 Å². The fourth-order valence-electron chi connectivity index (χ4n) is 3.09. The molecule has 7 nitrogen and oxygen atoms in total. The normalized spacial score (nSPS) is 11.5. The Bertz CT molecular complexity index is 1270. The van der Waals surface area contributed by atoms with Crippen molar-refractivity contribution in [3.05, 3.63) is 71.7 Å². The molecule has 0 spiro atoms. The first-order valence-corrected chi connectivity index (χ1v) is 9.68. The van der Waals surface area contributed by atoms with Crippen molar-refractivity contribution >= 4 is 17.4 Å². The third kappa shape index (κ3) is 4.25. The molecular formula is C22H18F3N5O2. The summed E-state index contributed by atoms with van der Waals surface area (Å²) in [7, 11) is 1.49. The summed E-state index contributed by atoms with van der Waals surface area (Å²) in [5.41, 5.74) is 0.950. The largest absolute Gasteiger partial charge is 0.497 e. The maximum Gasteiger partial charge on any atom is 0.433 e. The smallest absolute Gasteiger partial charge is 0.433 e. The Morgan fingerprint density at radius 2 is 1.75 bits per heavy atom. The van der Waals surface area contributed by atoms with E-state index in [1.807, 2.05) is 19.1 Å². The molecule has 10 heteroatoms. The van der Waals surface area contributed by atoms with Gasteiger partial charge in [-0.2, -0.15) is 22.7 Å². The number of halogens is 3. The summed E-state index contributed by atoms with van der Waals surface area (Å²) in [6.07, 6.45) is -3.90. The lowest BCUT2D eigenvalue weighted by molar-refractivity contribution is -0.142. The van der Waals surface area contributed by atoms with Gasteiger partial charge in [0.2, 0.25) is 5.82 Å². The molecule has 0 fully saturated rings. The zero-order valence-electron chi connectivity index (χ0n) is 17.1. The summed E-state index contributed by atoms with van der Waals surface area (Å²) in [5, 5.41) is 6.35. The molecule has 4 aromatic rings. The summed E-state index contributed by atoms with van der Waals surface area (Å²) < 4.78 is 46.8. The number of alkyl halides is 3. The summed E-state index contributed by atoms with van der Waals surface area (Å²) in [5.74, 6) is -0.940. The minimum atomic E-state index is -4.74. The van der Waals surface area contributed by atoms with Crippen molar-refractivity contribution in [2.45, 2.75) is 19.5 Å². The number of methoxy groups -OCH3 is 1. The zero-order chi connectivity index (χ0) is 22.9. The number of carbonyl (C=O) groups excluding carboxylic acids is 1. The number of anilines is 1. The van der Waals surface area contributed by atoms with Crippen LogP contribution in [0.25, 0.3) is 17.0 Å². The van der Waals surface area contributed by atoms with E-state index < -0.39 is 23.6 Å². The number of ether oxygens (including phenoxy) is 1. The van der Waals surface area contributed by atoms with E-state index in [1.54, 1.807) is 36.4 Å². The SMILES string of the molecule is CCc1ccc(NC(=O)c2nc3nc(-c4ccc(OC)cc4)cc(C(F)(F)F)n3n2)cc1. The maximum atomic E-state index is 13.7. The van der Waals surface area contributed by atoms with Crippen LogP contribution in [0.4, 0.5) is 18.9 Å². The van der Waals surface area contributed by atoms with Gasteiger partial charge in [0, 0.05) is 11.3 Å². The average Bonchev–Trinajstić information content (AvgIpc) is 3.22. The van der Waals surface area contributed by atoms with Crippen molar-refractivity contribution in [1.82, 2.24) is 19.6 Å². The molecule has 0 atom stereocenters. The van der Waals surface area contributed by atoms with E-state index in [0.29, 0.717) is 21.5 Å². The molecular weight excluding hydrogens is 423 g/mol. The Balaban J connectivity index is 1.73. The highest BCUT2D eigenvalue weighted by atomic mass is 19.4. The van der Waals surface area contributed by atoms with Crippen molar-refractivity contribution < 1.29 is 22.7 Å². The predicted octanol–water partition coefficient (Wildman–Crippen LogP) is 4.63. The lowest BCUT2D eigenvalue weighted by atomic mass is 10.1. The Kier molecular flexibility index (Phi) is 5.52. The summed E-state index contributed by atoms with van der Waals surface area (Å²) in [4.78, 5) is 20.7. The van der Waals surface area contributed by atoms with E-state index in [2.05, 4.69) is 20.4 Å². The molecule has 0 unspecified atom stereocenters. The molecule has 164 valence electrons. The van der Waals surface area contributed by atoms with E-state index in [0.717, 1.165) is 18.1 Å². The molecule has 0 radical (unpaired) electrons. The standard InChI is InChI=1S/C22H18F3N5O2/c1-3-13-4-8-15(9-5-13)26-20(31)19-28-21-27-17(14-6-10-16(32-2)11-7-14)12-18(22(23,24)25)30(21)29-19/h4-12H,3H2,1-2H3,(H,26,31). The van der Waals surface area contributed by atoms with Gasteiger partial charge in [-0.25, -0.2) is 4.98 Å². The van der Waals surface area contributed by atoms with Crippen LogP contribution in [0.5, 0.6) is 5.75 Å². The van der Waals surface area contributed by atoms with Crippen LogP contribution in [-0.4, -0.2) is 32.6 Å². The molecule has 2 aromatic heterocycles. The van der Waals surface area contributed by atoms with Crippen molar-refractivity contribution in [2.75, 3.05) is 12.4 Å². The second-order valence-corrected chi connectivity index (χ2v) is 6.90. The van der Waals surface area contributed by atoms with Gasteiger partial charge in [-0.1, -0.05) is 19.1 Å². The van der Waals surface area contributed by atoms with E-state index in [4.69, 9.17) is 4.74 Å². The van der Waals surface area contributed by atoms with Crippen LogP contribution in [0, 0.1) is 0 Å². The zero-order valence-corrected chi connectivity index (χ0v) is 17.1. The molecule has 0 bridgehead atoms. The molecule has 32 heavy (non-hydrogen) atoms. The van der Waals surface area contributed by atoms with Gasteiger partial charge in [0.15, 0.2) is 5.69 Å². The molecule has 2 aromatic carbocycles. The quantitative estimate of drug-likeness (QED) is 0.488. The number of hydrogen-bond donors (Lipinski definition) is 1.